The molecule has 9 heteroatoms. The van der Waals surface area contributed by atoms with Gasteiger partial charge in [0.05, 0.1) is 21.1 Å². The first-order valence-corrected chi connectivity index (χ1v) is 7.71. The molecular formula is C11H10BrNO6S. The van der Waals surface area contributed by atoms with Crippen LogP contribution in [-0.2, 0) is 21.6 Å². The largest absolute Gasteiger partial charge is 0.418 e. The zero-order valence-electron chi connectivity index (χ0n) is 10.1. The van der Waals surface area contributed by atoms with Gasteiger partial charge in [-0.15, -0.1) is 0 Å². The second-order valence-electron chi connectivity index (χ2n) is 4.34. The average molecular weight is 364 g/mol. The van der Waals surface area contributed by atoms with Gasteiger partial charge >= 0.3 is 11.7 Å². The van der Waals surface area contributed by atoms with Gasteiger partial charge < -0.3 is 9.29 Å². The third kappa shape index (κ3) is 3.62. The molecule has 0 radical (unpaired) electrons. The van der Waals surface area contributed by atoms with Crippen LogP contribution >= 0.6 is 15.9 Å². The normalized spacial score (nSPS) is 15.7. The van der Waals surface area contributed by atoms with Crippen molar-refractivity contribution in [2.45, 2.75) is 18.6 Å². The Hall–Kier alpha value is -1.32. The summed E-state index contributed by atoms with van der Waals surface area (Å²) in [7, 11) is 0. The van der Waals surface area contributed by atoms with Crippen molar-refractivity contribution >= 4 is 38.7 Å². The highest BCUT2D eigenvalue weighted by Gasteiger charge is 2.34. The van der Waals surface area contributed by atoms with E-state index in [1.165, 1.54) is 6.07 Å². The van der Waals surface area contributed by atoms with Crippen molar-refractivity contribution in [3.05, 3.63) is 32.3 Å². The summed E-state index contributed by atoms with van der Waals surface area (Å²) in [5, 5.41) is 11.0. The van der Waals surface area contributed by atoms with Gasteiger partial charge in [0.15, 0.2) is 11.1 Å². The van der Waals surface area contributed by atoms with Gasteiger partial charge in [0, 0.05) is 6.07 Å². The van der Waals surface area contributed by atoms with Crippen LogP contribution in [0, 0.1) is 16.0 Å². The second kappa shape index (κ2) is 5.98. The Morgan fingerprint density at radius 2 is 2.20 bits per heavy atom. The Bertz CT molecular complexity index is 601. The smallest absolute Gasteiger partial charge is 0.314 e. The van der Waals surface area contributed by atoms with Crippen molar-refractivity contribution in [2.75, 3.05) is 0 Å². The maximum atomic E-state index is 11.6. The predicted octanol–water partition coefficient (Wildman–Crippen LogP) is 2.39. The highest BCUT2D eigenvalue weighted by atomic mass is 79.9. The van der Waals surface area contributed by atoms with Gasteiger partial charge in [0.1, 0.15) is 0 Å². The van der Waals surface area contributed by atoms with E-state index in [0.29, 0.717) is 5.56 Å². The number of halogens is 1. The fraction of sp³-hybridized carbons (Fsp3) is 0.364. The number of esters is 1. The van der Waals surface area contributed by atoms with Crippen LogP contribution < -0.4 is 4.74 Å². The Labute approximate surface area is 124 Å². The number of ether oxygens (including phenoxy) is 1. The third-order valence-electron chi connectivity index (χ3n) is 2.68. The maximum Gasteiger partial charge on any atom is 0.314 e. The van der Waals surface area contributed by atoms with Crippen molar-refractivity contribution in [2.24, 2.45) is 5.92 Å². The van der Waals surface area contributed by atoms with Gasteiger partial charge in [-0.2, -0.15) is 0 Å². The van der Waals surface area contributed by atoms with Gasteiger partial charge in [0.2, 0.25) is 5.75 Å². The molecule has 1 saturated carbocycles. The minimum Gasteiger partial charge on any atom is -0.418 e. The average Bonchev–Trinajstić information content (AvgIpc) is 3.14. The molecule has 0 heterocycles. The lowest BCUT2D eigenvalue weighted by molar-refractivity contribution is -0.385. The molecular weight excluding hydrogens is 354 g/mol. The van der Waals surface area contributed by atoms with Crippen LogP contribution in [0.15, 0.2) is 16.6 Å². The zero-order valence-corrected chi connectivity index (χ0v) is 12.5. The van der Waals surface area contributed by atoms with Crippen LogP contribution in [0.25, 0.3) is 0 Å². The first-order chi connectivity index (χ1) is 9.38. The minimum absolute atomic E-state index is 0.167. The zero-order chi connectivity index (χ0) is 14.9. The fourth-order valence-electron chi connectivity index (χ4n) is 1.60. The number of hydrogen-bond acceptors (Lipinski definition) is 5. The van der Waals surface area contributed by atoms with E-state index in [-0.39, 0.29) is 21.9 Å². The molecule has 2 rings (SSSR count). The Kier molecular flexibility index (Phi) is 4.51. The van der Waals surface area contributed by atoms with Gasteiger partial charge in [-0.25, -0.2) is 4.21 Å². The van der Waals surface area contributed by atoms with Crippen molar-refractivity contribution in [1.29, 1.82) is 0 Å². The van der Waals surface area contributed by atoms with E-state index in [1.54, 1.807) is 0 Å². The van der Waals surface area contributed by atoms with Gasteiger partial charge in [-0.3, -0.25) is 14.9 Å². The van der Waals surface area contributed by atoms with Crippen molar-refractivity contribution < 1.29 is 23.2 Å². The number of nitro benzene ring substituents is 1. The quantitative estimate of drug-likeness (QED) is 0.283. The molecule has 0 aromatic heterocycles. The summed E-state index contributed by atoms with van der Waals surface area (Å²) >= 11 is 0.980. The summed E-state index contributed by atoms with van der Waals surface area (Å²) in [6, 6.07) is 2.56. The summed E-state index contributed by atoms with van der Waals surface area (Å²) in [5.74, 6) is -1.09. The number of benzene rings is 1. The van der Waals surface area contributed by atoms with E-state index in [9.17, 15) is 19.1 Å². The van der Waals surface area contributed by atoms with E-state index in [4.69, 9.17) is 9.29 Å². The van der Waals surface area contributed by atoms with E-state index in [1.807, 2.05) is 0 Å². The molecule has 108 valence electrons. The van der Waals surface area contributed by atoms with Crippen molar-refractivity contribution in [3.63, 3.8) is 0 Å². The summed E-state index contributed by atoms with van der Waals surface area (Å²) in [6.45, 7) is 0. The molecule has 1 aromatic carbocycles. The summed E-state index contributed by atoms with van der Waals surface area (Å²) in [4.78, 5) is 22.0. The third-order valence-corrected chi connectivity index (χ3v) is 3.85. The molecule has 1 unspecified atom stereocenters. The molecule has 0 spiro atoms. The highest BCUT2D eigenvalue weighted by molar-refractivity contribution is 9.10. The Morgan fingerprint density at radius 1 is 1.55 bits per heavy atom. The lowest BCUT2D eigenvalue weighted by atomic mass is 10.2. The topological polar surface area (TPSA) is 107 Å². The Balaban J connectivity index is 2.35. The second-order valence-corrected chi connectivity index (χ2v) is 6.13. The molecule has 20 heavy (non-hydrogen) atoms. The molecule has 1 aliphatic carbocycles. The number of hydrogen-bond donors (Lipinski definition) is 1. The molecule has 1 aromatic rings. The number of rotatable bonds is 5. The van der Waals surface area contributed by atoms with Crippen LogP contribution in [0.4, 0.5) is 5.69 Å². The maximum absolute atomic E-state index is 11.6. The number of nitrogens with zero attached hydrogens (tertiary/aromatic N) is 1. The van der Waals surface area contributed by atoms with E-state index < -0.39 is 27.7 Å². The highest BCUT2D eigenvalue weighted by Crippen LogP contribution is 2.39. The molecule has 0 saturated heterocycles. The van der Waals surface area contributed by atoms with Gasteiger partial charge in [-0.05, 0) is 40.4 Å². The molecule has 1 fully saturated rings. The van der Waals surface area contributed by atoms with E-state index in [2.05, 4.69) is 15.9 Å². The van der Waals surface area contributed by atoms with Crippen molar-refractivity contribution in [1.82, 2.24) is 0 Å². The summed E-state index contributed by atoms with van der Waals surface area (Å²) in [6.07, 6.45) is 1.46. The summed E-state index contributed by atoms with van der Waals surface area (Å²) < 4.78 is 24.9. The molecule has 0 aliphatic heterocycles. The van der Waals surface area contributed by atoms with Gasteiger partial charge in [0.25, 0.3) is 0 Å². The molecule has 0 amide bonds. The first-order valence-electron chi connectivity index (χ1n) is 5.64. The van der Waals surface area contributed by atoms with E-state index >= 15 is 0 Å². The lowest BCUT2D eigenvalue weighted by Gasteiger charge is -2.08. The van der Waals surface area contributed by atoms with Crippen LogP contribution in [0.2, 0.25) is 0 Å². The summed E-state index contributed by atoms with van der Waals surface area (Å²) in [5.41, 5.74) is -0.107. The molecule has 1 atom stereocenters. The van der Waals surface area contributed by atoms with Crippen LogP contribution in [0.1, 0.15) is 18.4 Å². The van der Waals surface area contributed by atoms with E-state index in [0.717, 1.165) is 18.9 Å². The lowest BCUT2D eigenvalue weighted by Crippen LogP contribution is -2.12. The monoisotopic (exact) mass is 363 g/mol. The minimum atomic E-state index is -2.11. The van der Waals surface area contributed by atoms with Crippen LogP contribution in [0.5, 0.6) is 5.75 Å². The standard InChI is InChI=1S/C11H10BrNO6S/c12-8-3-6(5-20(17)18)4-9(13(15)16)10(8)19-11(14)7-1-2-7/h3-4,7H,1-2,5H2,(H,17,18). The first kappa shape index (κ1) is 15.1. The van der Waals surface area contributed by atoms with Crippen molar-refractivity contribution in [3.8, 4) is 5.75 Å². The molecule has 1 aliphatic rings. The SMILES string of the molecule is O=C(Oc1c(Br)cc(CS(=O)O)cc1[N+](=O)[O-])C1CC1. The van der Waals surface area contributed by atoms with Crippen LogP contribution in [-0.4, -0.2) is 19.7 Å². The van der Waals surface area contributed by atoms with Crippen LogP contribution in [0.3, 0.4) is 0 Å². The predicted molar refractivity (Wildman–Crippen MR) is 73.6 cm³/mol. The Morgan fingerprint density at radius 3 is 2.70 bits per heavy atom. The van der Waals surface area contributed by atoms with Gasteiger partial charge in [-0.1, -0.05) is 0 Å². The fourth-order valence-corrected chi connectivity index (χ4v) is 2.63. The number of nitro groups is 1. The molecule has 1 N–H and O–H groups in total. The number of carbonyl (C=O) groups excluding carboxylic acids is 1. The molecule has 7 nitrogen and oxygen atoms in total. The number of carbonyl (C=O) groups is 1. The molecule has 0 bridgehead atoms.